The van der Waals surface area contributed by atoms with Crippen molar-refractivity contribution in [1.29, 1.82) is 5.26 Å². The zero-order valence-corrected chi connectivity index (χ0v) is 13.5. The quantitative estimate of drug-likeness (QED) is 0.488. The minimum atomic E-state index is -0.830. The lowest BCUT2D eigenvalue weighted by atomic mass is 10.0. The molecule has 0 unspecified atom stereocenters. The number of nitriles is 1. The van der Waals surface area contributed by atoms with Gasteiger partial charge >= 0.3 is 12.0 Å². The standard InChI is InChI=1S/C17H20N4O3/c1-2-24-16(22)14(11-18)15(20-17(19)23)21-9-7-12-5-3-4-6-13(12)8-10-21/h3-6H,2,7-10H2,1H3,(H3,19,20,23). The van der Waals surface area contributed by atoms with E-state index in [-0.39, 0.29) is 18.0 Å². The maximum Gasteiger partial charge on any atom is 0.352 e. The number of carbonyl (C=O) groups excluding carboxylic acids is 2. The topological polar surface area (TPSA) is 108 Å². The molecule has 0 atom stereocenters. The highest BCUT2D eigenvalue weighted by atomic mass is 16.5. The van der Waals surface area contributed by atoms with E-state index < -0.39 is 12.0 Å². The second-order valence-electron chi connectivity index (χ2n) is 5.30. The lowest BCUT2D eigenvalue weighted by molar-refractivity contribution is -0.138. The van der Waals surface area contributed by atoms with Crippen LogP contribution in [-0.4, -0.2) is 36.6 Å². The van der Waals surface area contributed by atoms with Crippen molar-refractivity contribution in [2.24, 2.45) is 5.73 Å². The van der Waals surface area contributed by atoms with Crippen molar-refractivity contribution in [1.82, 2.24) is 10.2 Å². The van der Waals surface area contributed by atoms with Gasteiger partial charge < -0.3 is 15.4 Å². The van der Waals surface area contributed by atoms with Gasteiger partial charge in [0.2, 0.25) is 0 Å². The van der Waals surface area contributed by atoms with Crippen LogP contribution < -0.4 is 11.1 Å². The van der Waals surface area contributed by atoms with Crippen LogP contribution in [0.15, 0.2) is 35.7 Å². The molecule has 2 amide bonds. The molecule has 0 aromatic heterocycles. The second kappa shape index (κ2) is 8.02. The third-order valence-electron chi connectivity index (χ3n) is 3.81. The van der Waals surface area contributed by atoms with Crippen LogP contribution in [0.4, 0.5) is 4.79 Å². The first-order valence-corrected chi connectivity index (χ1v) is 7.76. The minimum absolute atomic E-state index is 0.108. The summed E-state index contributed by atoms with van der Waals surface area (Å²) in [5.41, 5.74) is 7.40. The largest absolute Gasteiger partial charge is 0.462 e. The molecule has 3 N–H and O–H groups in total. The molecule has 0 saturated carbocycles. The van der Waals surface area contributed by atoms with Gasteiger partial charge in [0.25, 0.3) is 0 Å². The number of carbonyl (C=O) groups is 2. The fraction of sp³-hybridized carbons (Fsp3) is 0.353. The van der Waals surface area contributed by atoms with E-state index in [4.69, 9.17) is 10.5 Å². The second-order valence-corrected chi connectivity index (χ2v) is 5.30. The molecule has 0 fully saturated rings. The Balaban J connectivity index is 2.33. The maximum atomic E-state index is 12.0. The van der Waals surface area contributed by atoms with Gasteiger partial charge in [0.05, 0.1) is 6.61 Å². The molecular formula is C17H20N4O3. The number of benzene rings is 1. The fourth-order valence-corrected chi connectivity index (χ4v) is 2.71. The first-order chi connectivity index (χ1) is 11.6. The molecule has 1 aromatic carbocycles. The van der Waals surface area contributed by atoms with Crippen LogP contribution >= 0.6 is 0 Å². The lowest BCUT2D eigenvalue weighted by Gasteiger charge is -2.26. The Hall–Kier alpha value is -3.01. The number of amides is 2. The first kappa shape index (κ1) is 17.3. The smallest absolute Gasteiger partial charge is 0.352 e. The highest BCUT2D eigenvalue weighted by molar-refractivity contribution is 5.94. The van der Waals surface area contributed by atoms with Crippen LogP contribution in [0.1, 0.15) is 18.1 Å². The number of hydrogen-bond donors (Lipinski definition) is 2. The van der Waals surface area contributed by atoms with Crippen LogP contribution in [0, 0.1) is 11.3 Å². The molecule has 1 heterocycles. The SMILES string of the molecule is CCOC(=O)C(C#N)=C(NC(N)=O)N1CCc2ccccc2CC1. The Morgan fingerprint density at radius 1 is 1.29 bits per heavy atom. The Labute approximate surface area is 140 Å². The van der Waals surface area contributed by atoms with Crippen LogP contribution in [0.2, 0.25) is 0 Å². The number of urea groups is 1. The summed E-state index contributed by atoms with van der Waals surface area (Å²) in [6.07, 6.45) is 1.48. The number of nitrogens with zero attached hydrogens (tertiary/aromatic N) is 2. The zero-order valence-electron chi connectivity index (χ0n) is 13.5. The number of nitrogens with one attached hydrogen (secondary N) is 1. The molecule has 0 spiro atoms. The number of esters is 1. The van der Waals surface area contributed by atoms with Crippen molar-refractivity contribution in [3.63, 3.8) is 0 Å². The van der Waals surface area contributed by atoms with Gasteiger partial charge in [-0.1, -0.05) is 24.3 Å². The number of hydrogen-bond acceptors (Lipinski definition) is 5. The van der Waals surface area contributed by atoms with E-state index in [1.165, 1.54) is 11.1 Å². The molecule has 0 saturated heterocycles. The average Bonchev–Trinajstić information content (AvgIpc) is 2.77. The Bertz CT molecular complexity index is 679. The number of nitrogens with two attached hydrogens (primary N) is 1. The van der Waals surface area contributed by atoms with Crippen molar-refractivity contribution in [2.45, 2.75) is 19.8 Å². The summed E-state index contributed by atoms with van der Waals surface area (Å²) >= 11 is 0. The van der Waals surface area contributed by atoms with Gasteiger partial charge in [-0.15, -0.1) is 0 Å². The van der Waals surface area contributed by atoms with Crippen LogP contribution in [0.25, 0.3) is 0 Å². The van der Waals surface area contributed by atoms with Gasteiger partial charge in [-0.2, -0.15) is 5.26 Å². The fourth-order valence-electron chi connectivity index (χ4n) is 2.71. The van der Waals surface area contributed by atoms with E-state index in [1.54, 1.807) is 11.8 Å². The number of primary amides is 1. The molecule has 0 bridgehead atoms. The maximum absolute atomic E-state index is 12.0. The molecule has 1 aliphatic heterocycles. The summed E-state index contributed by atoms with van der Waals surface area (Å²) in [6.45, 7) is 2.89. The number of fused-ring (bicyclic) bond motifs is 1. The van der Waals surface area contributed by atoms with Gasteiger partial charge in [0, 0.05) is 13.1 Å². The predicted octanol–water partition coefficient (Wildman–Crippen LogP) is 1.05. The summed E-state index contributed by atoms with van der Waals surface area (Å²) in [4.78, 5) is 25.2. The van der Waals surface area contributed by atoms with E-state index in [9.17, 15) is 14.9 Å². The van der Waals surface area contributed by atoms with Crippen molar-refractivity contribution in [3.8, 4) is 6.07 Å². The monoisotopic (exact) mass is 328 g/mol. The molecule has 1 aliphatic rings. The Morgan fingerprint density at radius 3 is 2.33 bits per heavy atom. The van der Waals surface area contributed by atoms with E-state index in [0.29, 0.717) is 13.1 Å². The van der Waals surface area contributed by atoms with Gasteiger partial charge in [-0.3, -0.25) is 5.32 Å². The first-order valence-electron chi connectivity index (χ1n) is 7.76. The molecular weight excluding hydrogens is 308 g/mol. The van der Waals surface area contributed by atoms with Gasteiger partial charge in [0.1, 0.15) is 11.9 Å². The third kappa shape index (κ3) is 4.04. The summed E-state index contributed by atoms with van der Waals surface area (Å²) in [5, 5.41) is 11.8. The average molecular weight is 328 g/mol. The van der Waals surface area contributed by atoms with Crippen LogP contribution in [0.3, 0.4) is 0 Å². The van der Waals surface area contributed by atoms with Gasteiger partial charge in [0.15, 0.2) is 5.57 Å². The van der Waals surface area contributed by atoms with Crippen LogP contribution in [0.5, 0.6) is 0 Å². The lowest BCUT2D eigenvalue weighted by Crippen LogP contribution is -2.41. The Morgan fingerprint density at radius 2 is 1.88 bits per heavy atom. The van der Waals surface area contributed by atoms with E-state index in [1.807, 2.05) is 18.2 Å². The van der Waals surface area contributed by atoms with Gasteiger partial charge in [-0.25, -0.2) is 9.59 Å². The van der Waals surface area contributed by atoms with Crippen LogP contribution in [-0.2, 0) is 22.4 Å². The molecule has 0 aliphatic carbocycles. The highest BCUT2D eigenvalue weighted by Gasteiger charge is 2.24. The van der Waals surface area contributed by atoms with E-state index >= 15 is 0 Å². The summed E-state index contributed by atoms with van der Waals surface area (Å²) in [5.74, 6) is -0.665. The summed E-state index contributed by atoms with van der Waals surface area (Å²) < 4.78 is 4.90. The molecule has 7 nitrogen and oxygen atoms in total. The summed E-state index contributed by atoms with van der Waals surface area (Å²) in [6, 6.07) is 9.06. The number of ether oxygens (including phenoxy) is 1. The molecule has 1 aromatic rings. The minimum Gasteiger partial charge on any atom is -0.462 e. The Kier molecular flexibility index (Phi) is 5.79. The summed E-state index contributed by atoms with van der Waals surface area (Å²) in [7, 11) is 0. The normalized spacial score (nSPS) is 14.6. The van der Waals surface area contributed by atoms with Crippen molar-refractivity contribution < 1.29 is 14.3 Å². The van der Waals surface area contributed by atoms with Crippen molar-refractivity contribution in [3.05, 3.63) is 46.8 Å². The predicted molar refractivity (Wildman–Crippen MR) is 87.4 cm³/mol. The number of rotatable bonds is 4. The molecule has 0 radical (unpaired) electrons. The van der Waals surface area contributed by atoms with E-state index in [2.05, 4.69) is 17.4 Å². The van der Waals surface area contributed by atoms with Crippen molar-refractivity contribution >= 4 is 12.0 Å². The van der Waals surface area contributed by atoms with Crippen molar-refractivity contribution in [2.75, 3.05) is 19.7 Å². The highest BCUT2D eigenvalue weighted by Crippen LogP contribution is 2.19. The molecule has 24 heavy (non-hydrogen) atoms. The molecule has 7 heteroatoms. The zero-order chi connectivity index (χ0) is 17.5. The molecule has 2 rings (SSSR count). The third-order valence-corrected chi connectivity index (χ3v) is 3.81. The van der Waals surface area contributed by atoms with E-state index in [0.717, 1.165) is 12.8 Å². The van der Waals surface area contributed by atoms with Gasteiger partial charge in [-0.05, 0) is 30.9 Å². The molecule has 126 valence electrons.